The largest absolute Gasteiger partial charge is 0.381 e. The van der Waals surface area contributed by atoms with E-state index in [-0.39, 0.29) is 18.0 Å². The van der Waals surface area contributed by atoms with E-state index < -0.39 is 0 Å². The second-order valence-corrected chi connectivity index (χ2v) is 12.7. The van der Waals surface area contributed by atoms with Gasteiger partial charge in [-0.15, -0.1) is 0 Å². The average Bonchev–Trinajstić information content (AvgIpc) is 3.03. The Morgan fingerprint density at radius 3 is 2.29 bits per heavy atom. The molecule has 0 unspecified atom stereocenters. The lowest BCUT2D eigenvalue weighted by molar-refractivity contribution is 0.0846. The second-order valence-electron chi connectivity index (χ2n) is 12.7. The van der Waals surface area contributed by atoms with E-state index in [1.54, 1.807) is 0 Å². The van der Waals surface area contributed by atoms with E-state index in [2.05, 4.69) is 69.2 Å². The topological polar surface area (TPSA) is 80.9 Å². The number of rotatable bonds is 11. The maximum Gasteiger partial charge on any atom is 0.253 e. The highest BCUT2D eigenvalue weighted by Crippen LogP contribution is 2.34. The predicted octanol–water partition coefficient (Wildman–Crippen LogP) is 5.43. The number of hydrogen-bond acceptors (Lipinski definition) is 6. The van der Waals surface area contributed by atoms with Crippen LogP contribution in [0, 0.1) is 20.8 Å². The van der Waals surface area contributed by atoms with Crippen LogP contribution < -0.4 is 15.8 Å². The van der Waals surface area contributed by atoms with Gasteiger partial charge in [-0.2, -0.15) is 0 Å². The van der Waals surface area contributed by atoms with Crippen molar-refractivity contribution in [3.05, 3.63) is 86.3 Å². The van der Waals surface area contributed by atoms with Crippen LogP contribution in [0.5, 0.6) is 0 Å². The SMILES string of the molecule is CCCN1CCN(Cc2ccc(-c3cc(C(=O)NCc4c(C)cc(C)[nH]c4=O)c(C)c(N(CC)C4CCOCC4)c3)cc2)CC1. The predicted molar refractivity (Wildman–Crippen MR) is 183 cm³/mol. The minimum absolute atomic E-state index is 0.154. The van der Waals surface area contributed by atoms with E-state index in [9.17, 15) is 9.59 Å². The number of carbonyl (C=O) groups is 1. The van der Waals surface area contributed by atoms with Gasteiger partial charge in [0.1, 0.15) is 0 Å². The van der Waals surface area contributed by atoms with Crippen molar-refractivity contribution in [1.29, 1.82) is 0 Å². The lowest BCUT2D eigenvalue weighted by Gasteiger charge is -2.37. The number of ether oxygens (including phenoxy) is 1. The summed E-state index contributed by atoms with van der Waals surface area (Å²) in [6, 6.07) is 15.4. The summed E-state index contributed by atoms with van der Waals surface area (Å²) in [4.78, 5) is 36.9. The molecule has 0 atom stereocenters. The van der Waals surface area contributed by atoms with Crippen LogP contribution in [0.3, 0.4) is 0 Å². The van der Waals surface area contributed by atoms with Crippen LogP contribution in [0.4, 0.5) is 5.69 Å². The Hall–Kier alpha value is -3.46. The van der Waals surface area contributed by atoms with Gasteiger partial charge in [-0.05, 0) is 99.5 Å². The van der Waals surface area contributed by atoms with Crippen molar-refractivity contribution in [3.63, 3.8) is 0 Å². The summed E-state index contributed by atoms with van der Waals surface area (Å²) < 4.78 is 5.67. The molecule has 3 heterocycles. The van der Waals surface area contributed by atoms with E-state index in [0.717, 1.165) is 99.0 Å². The fraction of sp³-hybridized carbons (Fsp3) is 0.514. The van der Waals surface area contributed by atoms with Crippen LogP contribution in [0.2, 0.25) is 0 Å². The Balaban J connectivity index is 1.41. The molecule has 0 spiro atoms. The number of pyridine rings is 1. The van der Waals surface area contributed by atoms with Gasteiger partial charge in [0.05, 0.1) is 0 Å². The second kappa shape index (κ2) is 15.2. The maximum absolute atomic E-state index is 13.8. The maximum atomic E-state index is 13.8. The molecule has 2 aliphatic rings. The first kappa shape index (κ1) is 32.9. The molecule has 8 heteroatoms. The molecule has 0 radical (unpaired) electrons. The van der Waals surface area contributed by atoms with Crippen molar-refractivity contribution in [2.24, 2.45) is 0 Å². The van der Waals surface area contributed by atoms with Crippen molar-refractivity contribution in [2.75, 3.05) is 57.4 Å². The van der Waals surface area contributed by atoms with Gasteiger partial charge in [-0.3, -0.25) is 14.5 Å². The molecule has 1 aromatic heterocycles. The van der Waals surface area contributed by atoms with Gasteiger partial charge < -0.3 is 24.8 Å². The molecule has 0 aliphatic carbocycles. The number of nitrogens with zero attached hydrogens (tertiary/aromatic N) is 3. The highest BCUT2D eigenvalue weighted by atomic mass is 16.5. The number of hydrogen-bond donors (Lipinski definition) is 2. The van der Waals surface area contributed by atoms with Crippen molar-refractivity contribution in [1.82, 2.24) is 20.1 Å². The summed E-state index contributed by atoms with van der Waals surface area (Å²) in [5, 5.41) is 3.06. The van der Waals surface area contributed by atoms with Crippen LogP contribution in [-0.2, 0) is 17.8 Å². The Labute approximate surface area is 268 Å². The Morgan fingerprint density at radius 2 is 1.64 bits per heavy atom. The van der Waals surface area contributed by atoms with E-state index in [0.29, 0.717) is 17.2 Å². The lowest BCUT2D eigenvalue weighted by atomic mass is 9.94. The number of carbonyl (C=O) groups excluding carboxylic acids is 1. The fourth-order valence-corrected chi connectivity index (χ4v) is 6.94. The number of nitrogens with one attached hydrogen (secondary N) is 2. The average molecular weight is 614 g/mol. The van der Waals surface area contributed by atoms with Crippen LogP contribution in [-0.4, -0.2) is 79.2 Å². The minimum atomic E-state index is -0.170. The summed E-state index contributed by atoms with van der Waals surface area (Å²) in [6.07, 6.45) is 3.15. The first-order chi connectivity index (χ1) is 21.8. The smallest absolute Gasteiger partial charge is 0.253 e. The van der Waals surface area contributed by atoms with Crippen molar-refractivity contribution in [2.45, 2.75) is 73.0 Å². The first-order valence-electron chi connectivity index (χ1n) is 16.8. The number of anilines is 1. The molecule has 242 valence electrons. The summed E-state index contributed by atoms with van der Waals surface area (Å²) in [5.74, 6) is -0.170. The van der Waals surface area contributed by atoms with E-state index in [4.69, 9.17) is 4.74 Å². The van der Waals surface area contributed by atoms with Gasteiger partial charge in [0.15, 0.2) is 0 Å². The van der Waals surface area contributed by atoms with Crippen LogP contribution in [0.25, 0.3) is 11.1 Å². The van der Waals surface area contributed by atoms with E-state index >= 15 is 0 Å². The van der Waals surface area contributed by atoms with Gasteiger partial charge in [0, 0.05) is 87.6 Å². The minimum Gasteiger partial charge on any atom is -0.381 e. The molecule has 2 N–H and O–H groups in total. The zero-order chi connectivity index (χ0) is 31.9. The third-order valence-corrected chi connectivity index (χ3v) is 9.52. The Bertz CT molecular complexity index is 1500. The van der Waals surface area contributed by atoms with Crippen molar-refractivity contribution in [3.8, 4) is 11.1 Å². The molecule has 0 saturated carbocycles. The van der Waals surface area contributed by atoms with Gasteiger partial charge in [-0.25, -0.2) is 0 Å². The summed E-state index contributed by atoms with van der Waals surface area (Å²) >= 11 is 0. The molecule has 0 bridgehead atoms. The summed E-state index contributed by atoms with van der Waals surface area (Å²) in [5.41, 5.74) is 8.24. The van der Waals surface area contributed by atoms with Crippen LogP contribution in [0.15, 0.2) is 47.3 Å². The zero-order valence-electron chi connectivity index (χ0n) is 27.9. The molecule has 8 nitrogen and oxygen atoms in total. The summed E-state index contributed by atoms with van der Waals surface area (Å²) in [7, 11) is 0. The number of piperazine rings is 1. The van der Waals surface area contributed by atoms with Gasteiger partial charge in [0.2, 0.25) is 0 Å². The van der Waals surface area contributed by atoms with Crippen molar-refractivity contribution >= 4 is 11.6 Å². The highest BCUT2D eigenvalue weighted by Gasteiger charge is 2.25. The number of aromatic nitrogens is 1. The summed E-state index contributed by atoms with van der Waals surface area (Å²) in [6.45, 7) is 19.4. The van der Waals surface area contributed by atoms with Gasteiger partial charge in [0.25, 0.3) is 11.5 Å². The molecule has 2 aromatic carbocycles. The quantitative estimate of drug-likeness (QED) is 0.300. The first-order valence-corrected chi connectivity index (χ1v) is 16.8. The van der Waals surface area contributed by atoms with Crippen molar-refractivity contribution < 1.29 is 9.53 Å². The number of amides is 1. The Morgan fingerprint density at radius 1 is 0.956 bits per heavy atom. The lowest BCUT2D eigenvalue weighted by Crippen LogP contribution is -2.45. The highest BCUT2D eigenvalue weighted by molar-refractivity contribution is 5.99. The molecule has 2 fully saturated rings. The molecule has 45 heavy (non-hydrogen) atoms. The molecular formula is C37H51N5O3. The third kappa shape index (κ3) is 8.04. The number of benzene rings is 2. The Kier molecular flexibility index (Phi) is 11.1. The van der Waals surface area contributed by atoms with Crippen LogP contribution in [0.1, 0.15) is 71.4 Å². The normalized spacial score (nSPS) is 16.6. The molecule has 3 aromatic rings. The third-order valence-electron chi connectivity index (χ3n) is 9.52. The fourth-order valence-electron chi connectivity index (χ4n) is 6.94. The number of aromatic amines is 1. The zero-order valence-corrected chi connectivity index (χ0v) is 27.9. The monoisotopic (exact) mass is 613 g/mol. The van der Waals surface area contributed by atoms with Gasteiger partial charge in [-0.1, -0.05) is 31.2 Å². The standard InChI is InChI=1S/C37H51N5O3/c1-6-14-40-15-17-41(18-16-40)25-29-8-10-30(11-9-29)31-22-33(36(43)38-24-34-26(3)21-27(4)39-37(34)44)28(5)35(23-31)42(7-2)32-12-19-45-20-13-32/h8-11,21-23,32H,6-7,12-20,24-25H2,1-5H3,(H,38,43)(H,39,44). The van der Waals surface area contributed by atoms with E-state index in [1.807, 2.05) is 32.9 Å². The molecule has 5 rings (SSSR count). The molecule has 1 amide bonds. The molecule has 2 saturated heterocycles. The number of aryl methyl sites for hydroxylation is 2. The van der Waals surface area contributed by atoms with E-state index in [1.165, 1.54) is 18.5 Å². The van der Waals surface area contributed by atoms with Crippen LogP contribution >= 0.6 is 0 Å². The molecular weight excluding hydrogens is 562 g/mol. The number of H-pyrrole nitrogens is 1. The molecule has 2 aliphatic heterocycles. The van der Waals surface area contributed by atoms with Gasteiger partial charge >= 0.3 is 0 Å².